The van der Waals surface area contributed by atoms with Crippen LogP contribution in [-0.2, 0) is 11.3 Å². The Morgan fingerprint density at radius 2 is 2.53 bits per heavy atom. The fourth-order valence-corrected chi connectivity index (χ4v) is 2.67. The maximum Gasteiger partial charge on any atom is 0.238 e. The lowest BCUT2D eigenvalue weighted by atomic mass is 10.2. The molecule has 0 radical (unpaired) electrons. The molecule has 0 aromatic carbocycles. The van der Waals surface area contributed by atoms with E-state index in [4.69, 9.17) is 0 Å². The number of pyridine rings is 1. The van der Waals surface area contributed by atoms with Crippen LogP contribution in [0.25, 0.3) is 0 Å². The van der Waals surface area contributed by atoms with Gasteiger partial charge in [0, 0.05) is 23.7 Å². The highest BCUT2D eigenvalue weighted by Crippen LogP contribution is 2.07. The molecule has 1 aromatic heterocycles. The van der Waals surface area contributed by atoms with Crippen LogP contribution >= 0.6 is 11.8 Å². The first-order valence-corrected chi connectivity index (χ1v) is 6.92. The van der Waals surface area contributed by atoms with Crippen molar-refractivity contribution in [3.63, 3.8) is 0 Å². The predicted molar refractivity (Wildman–Crippen MR) is 69.9 cm³/mol. The lowest BCUT2D eigenvalue weighted by Crippen LogP contribution is -2.48. The Kier molecular flexibility index (Phi) is 4.39. The SMILES string of the molecule is Cc1cccc(CNC(=O)C2CSCCN2)n1. The van der Waals surface area contributed by atoms with E-state index < -0.39 is 0 Å². The normalized spacial score (nSPS) is 19.9. The number of hydrogen-bond donors (Lipinski definition) is 2. The lowest BCUT2D eigenvalue weighted by molar-refractivity contribution is -0.122. The van der Waals surface area contributed by atoms with E-state index in [2.05, 4.69) is 15.6 Å². The van der Waals surface area contributed by atoms with Gasteiger partial charge in [-0.25, -0.2) is 0 Å². The van der Waals surface area contributed by atoms with Crippen LogP contribution in [0.15, 0.2) is 18.2 Å². The summed E-state index contributed by atoms with van der Waals surface area (Å²) in [6, 6.07) is 5.78. The number of aromatic nitrogens is 1. The molecule has 1 aliphatic heterocycles. The third-order valence-corrected chi connectivity index (χ3v) is 3.69. The van der Waals surface area contributed by atoms with E-state index in [1.54, 1.807) is 0 Å². The molecule has 2 rings (SSSR count). The minimum atomic E-state index is -0.0569. The zero-order valence-electron chi connectivity index (χ0n) is 9.90. The zero-order valence-corrected chi connectivity index (χ0v) is 10.7. The quantitative estimate of drug-likeness (QED) is 0.831. The van der Waals surface area contributed by atoms with Gasteiger partial charge in [0.2, 0.25) is 5.91 Å². The molecule has 1 aromatic rings. The number of carbonyl (C=O) groups excluding carboxylic acids is 1. The van der Waals surface area contributed by atoms with Gasteiger partial charge in [-0.2, -0.15) is 11.8 Å². The van der Waals surface area contributed by atoms with Crippen LogP contribution in [0.5, 0.6) is 0 Å². The van der Waals surface area contributed by atoms with Crippen molar-refractivity contribution in [2.24, 2.45) is 0 Å². The molecule has 92 valence electrons. The maximum absolute atomic E-state index is 11.8. The fraction of sp³-hybridized carbons (Fsp3) is 0.500. The Balaban J connectivity index is 1.83. The highest BCUT2D eigenvalue weighted by molar-refractivity contribution is 7.99. The summed E-state index contributed by atoms with van der Waals surface area (Å²) in [5, 5.41) is 6.13. The van der Waals surface area contributed by atoms with Crippen LogP contribution in [0.4, 0.5) is 0 Å². The number of thioether (sulfide) groups is 1. The van der Waals surface area contributed by atoms with Gasteiger partial charge in [-0.1, -0.05) is 6.07 Å². The summed E-state index contributed by atoms with van der Waals surface area (Å²) >= 11 is 1.82. The molecule has 4 nitrogen and oxygen atoms in total. The molecular formula is C12H17N3OS. The molecule has 1 aliphatic rings. The Morgan fingerprint density at radius 1 is 1.65 bits per heavy atom. The van der Waals surface area contributed by atoms with E-state index in [0.717, 1.165) is 29.4 Å². The molecular weight excluding hydrogens is 234 g/mol. The standard InChI is InChI=1S/C12H17N3OS/c1-9-3-2-4-10(15-9)7-14-12(16)11-8-17-6-5-13-11/h2-4,11,13H,5-8H2,1H3,(H,14,16). The molecule has 1 amide bonds. The molecule has 1 saturated heterocycles. The van der Waals surface area contributed by atoms with Crippen molar-refractivity contribution in [2.75, 3.05) is 18.1 Å². The van der Waals surface area contributed by atoms with Gasteiger partial charge in [0.05, 0.1) is 18.3 Å². The summed E-state index contributed by atoms with van der Waals surface area (Å²) in [4.78, 5) is 16.2. The molecule has 0 spiro atoms. The largest absolute Gasteiger partial charge is 0.349 e. The van der Waals surface area contributed by atoms with Crippen LogP contribution in [0.1, 0.15) is 11.4 Å². The maximum atomic E-state index is 11.8. The van der Waals surface area contributed by atoms with Crippen molar-refractivity contribution in [1.82, 2.24) is 15.6 Å². The first-order chi connectivity index (χ1) is 8.25. The Hall–Kier alpha value is -1.07. The van der Waals surface area contributed by atoms with Crippen molar-refractivity contribution in [2.45, 2.75) is 19.5 Å². The molecule has 2 heterocycles. The average Bonchev–Trinajstić information content (AvgIpc) is 2.37. The molecule has 0 aliphatic carbocycles. The number of amides is 1. The van der Waals surface area contributed by atoms with Gasteiger partial charge in [0.15, 0.2) is 0 Å². The second-order valence-electron chi connectivity index (χ2n) is 4.07. The summed E-state index contributed by atoms with van der Waals surface area (Å²) in [7, 11) is 0. The van der Waals surface area contributed by atoms with Gasteiger partial charge < -0.3 is 10.6 Å². The molecule has 1 unspecified atom stereocenters. The van der Waals surface area contributed by atoms with Gasteiger partial charge in [0.1, 0.15) is 0 Å². The first kappa shape index (κ1) is 12.4. The van der Waals surface area contributed by atoms with Crippen molar-refractivity contribution in [1.29, 1.82) is 0 Å². The zero-order chi connectivity index (χ0) is 12.1. The molecule has 17 heavy (non-hydrogen) atoms. The molecule has 0 bridgehead atoms. The highest BCUT2D eigenvalue weighted by Gasteiger charge is 2.20. The van der Waals surface area contributed by atoms with Crippen molar-refractivity contribution < 1.29 is 4.79 Å². The van der Waals surface area contributed by atoms with E-state index in [1.165, 1.54) is 0 Å². The van der Waals surface area contributed by atoms with Gasteiger partial charge in [-0.15, -0.1) is 0 Å². The number of aryl methyl sites for hydroxylation is 1. The molecule has 0 saturated carbocycles. The van der Waals surface area contributed by atoms with E-state index in [9.17, 15) is 4.79 Å². The van der Waals surface area contributed by atoms with Crippen LogP contribution in [0.2, 0.25) is 0 Å². The van der Waals surface area contributed by atoms with E-state index in [1.807, 2.05) is 36.9 Å². The fourth-order valence-electron chi connectivity index (χ4n) is 1.73. The van der Waals surface area contributed by atoms with Gasteiger partial charge in [0.25, 0.3) is 0 Å². The monoisotopic (exact) mass is 251 g/mol. The van der Waals surface area contributed by atoms with Crippen LogP contribution in [0, 0.1) is 6.92 Å². The summed E-state index contributed by atoms with van der Waals surface area (Å²) in [5.74, 6) is 2.01. The second-order valence-corrected chi connectivity index (χ2v) is 5.22. The minimum Gasteiger partial charge on any atom is -0.349 e. The van der Waals surface area contributed by atoms with E-state index >= 15 is 0 Å². The summed E-state index contributed by atoms with van der Waals surface area (Å²) < 4.78 is 0. The van der Waals surface area contributed by atoms with Gasteiger partial charge >= 0.3 is 0 Å². The van der Waals surface area contributed by atoms with E-state index in [0.29, 0.717) is 6.54 Å². The Morgan fingerprint density at radius 3 is 3.24 bits per heavy atom. The Bertz CT molecular complexity index is 391. The van der Waals surface area contributed by atoms with Gasteiger partial charge in [-0.3, -0.25) is 9.78 Å². The van der Waals surface area contributed by atoms with Crippen molar-refractivity contribution in [3.8, 4) is 0 Å². The third kappa shape index (κ3) is 3.71. The number of nitrogens with one attached hydrogen (secondary N) is 2. The number of carbonyl (C=O) groups is 1. The number of nitrogens with zero attached hydrogens (tertiary/aromatic N) is 1. The smallest absolute Gasteiger partial charge is 0.238 e. The van der Waals surface area contributed by atoms with Crippen LogP contribution in [0.3, 0.4) is 0 Å². The number of hydrogen-bond acceptors (Lipinski definition) is 4. The second kappa shape index (κ2) is 6.02. The lowest BCUT2D eigenvalue weighted by Gasteiger charge is -2.22. The molecule has 1 atom stereocenters. The molecule has 1 fully saturated rings. The van der Waals surface area contributed by atoms with Crippen molar-refractivity contribution >= 4 is 17.7 Å². The average molecular weight is 251 g/mol. The third-order valence-electron chi connectivity index (χ3n) is 2.63. The first-order valence-electron chi connectivity index (χ1n) is 5.77. The predicted octanol–water partition coefficient (Wildman–Crippen LogP) is 0.711. The summed E-state index contributed by atoms with van der Waals surface area (Å²) in [5.41, 5.74) is 1.88. The van der Waals surface area contributed by atoms with Crippen LogP contribution in [-0.4, -0.2) is 35.0 Å². The van der Waals surface area contributed by atoms with E-state index in [-0.39, 0.29) is 11.9 Å². The van der Waals surface area contributed by atoms with Crippen molar-refractivity contribution in [3.05, 3.63) is 29.6 Å². The number of rotatable bonds is 3. The van der Waals surface area contributed by atoms with Gasteiger partial charge in [-0.05, 0) is 19.1 Å². The highest BCUT2D eigenvalue weighted by atomic mass is 32.2. The summed E-state index contributed by atoms with van der Waals surface area (Å²) in [6.07, 6.45) is 0. The van der Waals surface area contributed by atoms with Crippen LogP contribution < -0.4 is 10.6 Å². The minimum absolute atomic E-state index is 0.0569. The summed E-state index contributed by atoms with van der Waals surface area (Å²) in [6.45, 7) is 3.36. The molecule has 5 heteroatoms. The molecule has 2 N–H and O–H groups in total. The Labute approximate surface area is 106 Å². The topological polar surface area (TPSA) is 54.0 Å².